The van der Waals surface area contributed by atoms with Crippen LogP contribution in [0.15, 0.2) is 84.2 Å². The first-order chi connectivity index (χ1) is 14.3. The van der Waals surface area contributed by atoms with Gasteiger partial charge in [0.25, 0.3) is 0 Å². The maximum absolute atomic E-state index is 13.1. The number of ether oxygens (including phenoxy) is 2. The molecule has 5 heteroatoms. The molecule has 0 saturated heterocycles. The molecule has 0 saturated carbocycles. The minimum atomic E-state index is -0.511. The molecule has 0 atom stereocenters. The Morgan fingerprint density at radius 1 is 0.897 bits per heavy atom. The van der Waals surface area contributed by atoms with E-state index < -0.39 is 5.92 Å². The maximum atomic E-state index is 13.1. The quantitative estimate of drug-likeness (QED) is 0.408. The number of rotatable bonds is 4. The molecule has 0 spiro atoms. The molecular weight excluding hydrogens is 382 g/mol. The van der Waals surface area contributed by atoms with Crippen LogP contribution in [0.5, 0.6) is 11.5 Å². The Hall–Kier alpha value is -3.44. The summed E-state index contributed by atoms with van der Waals surface area (Å²) in [6.07, 6.45) is 0. The van der Waals surface area contributed by atoms with Gasteiger partial charge in [0.05, 0.1) is 5.69 Å². The van der Waals surface area contributed by atoms with Gasteiger partial charge in [-0.2, -0.15) is 0 Å². The highest BCUT2D eigenvalue weighted by atomic mass is 32.1. The average molecular weight is 399 g/mol. The number of aromatic nitrogens is 1. The van der Waals surface area contributed by atoms with Crippen molar-refractivity contribution in [3.63, 3.8) is 0 Å². The third kappa shape index (κ3) is 3.41. The Morgan fingerprint density at radius 2 is 1.52 bits per heavy atom. The van der Waals surface area contributed by atoms with Gasteiger partial charge in [0, 0.05) is 22.1 Å². The second-order valence-electron chi connectivity index (χ2n) is 6.73. The zero-order valence-electron chi connectivity index (χ0n) is 15.4. The summed E-state index contributed by atoms with van der Waals surface area (Å²) in [5.41, 5.74) is 3.44. The number of benzene rings is 3. The number of esters is 1. The predicted molar refractivity (Wildman–Crippen MR) is 112 cm³/mol. The van der Waals surface area contributed by atoms with Crippen LogP contribution in [-0.4, -0.2) is 11.0 Å². The van der Waals surface area contributed by atoms with Crippen molar-refractivity contribution in [2.75, 3.05) is 0 Å². The van der Waals surface area contributed by atoms with E-state index in [1.165, 1.54) is 0 Å². The molecule has 0 radical (unpaired) electrons. The normalized spacial score (nSPS) is 12.6. The van der Waals surface area contributed by atoms with Crippen molar-refractivity contribution < 1.29 is 14.3 Å². The van der Waals surface area contributed by atoms with Crippen molar-refractivity contribution in [2.24, 2.45) is 0 Å². The lowest BCUT2D eigenvalue weighted by molar-refractivity contribution is -0.146. The number of hydrogen-bond donors (Lipinski definition) is 0. The molecule has 0 fully saturated rings. The van der Waals surface area contributed by atoms with Crippen LogP contribution in [0.25, 0.3) is 10.6 Å². The highest BCUT2D eigenvalue weighted by molar-refractivity contribution is 7.13. The van der Waals surface area contributed by atoms with E-state index in [4.69, 9.17) is 9.47 Å². The van der Waals surface area contributed by atoms with Gasteiger partial charge in [-0.1, -0.05) is 66.7 Å². The lowest BCUT2D eigenvalue weighted by atomic mass is 9.88. The predicted octanol–water partition coefficient (Wildman–Crippen LogP) is 5.79. The Morgan fingerprint density at radius 3 is 2.21 bits per heavy atom. The van der Waals surface area contributed by atoms with E-state index in [0.29, 0.717) is 11.5 Å². The Balaban J connectivity index is 1.37. The molecule has 0 aliphatic carbocycles. The molecule has 1 aromatic heterocycles. The number of carbonyl (C=O) groups excluding carboxylic acids is 1. The minimum absolute atomic E-state index is 0.143. The Kier molecular flexibility index (Phi) is 4.58. The fourth-order valence-corrected chi connectivity index (χ4v) is 4.29. The Bertz CT molecular complexity index is 1120. The first kappa shape index (κ1) is 17.6. The maximum Gasteiger partial charge on any atom is 0.318 e. The first-order valence-corrected chi connectivity index (χ1v) is 10.2. The Labute approximate surface area is 172 Å². The third-order valence-corrected chi connectivity index (χ3v) is 5.79. The van der Waals surface area contributed by atoms with Crippen LogP contribution in [-0.2, 0) is 16.1 Å². The van der Waals surface area contributed by atoms with Crippen molar-refractivity contribution in [1.29, 1.82) is 0 Å². The summed E-state index contributed by atoms with van der Waals surface area (Å²) >= 11 is 1.54. The topological polar surface area (TPSA) is 48.4 Å². The summed E-state index contributed by atoms with van der Waals surface area (Å²) in [7, 11) is 0. The summed E-state index contributed by atoms with van der Waals surface area (Å²) in [4.78, 5) is 17.7. The van der Waals surface area contributed by atoms with Crippen molar-refractivity contribution in [2.45, 2.75) is 12.5 Å². The summed E-state index contributed by atoms with van der Waals surface area (Å²) < 4.78 is 11.6. The molecule has 29 heavy (non-hydrogen) atoms. The van der Waals surface area contributed by atoms with Crippen LogP contribution < -0.4 is 4.74 Å². The molecule has 5 rings (SSSR count). The van der Waals surface area contributed by atoms with Crippen molar-refractivity contribution in [1.82, 2.24) is 4.98 Å². The van der Waals surface area contributed by atoms with Gasteiger partial charge in [0.15, 0.2) is 0 Å². The second-order valence-corrected chi connectivity index (χ2v) is 7.59. The van der Waals surface area contributed by atoms with E-state index in [9.17, 15) is 4.79 Å². The van der Waals surface area contributed by atoms with E-state index >= 15 is 0 Å². The van der Waals surface area contributed by atoms with E-state index in [2.05, 4.69) is 4.98 Å². The van der Waals surface area contributed by atoms with Gasteiger partial charge in [-0.3, -0.25) is 4.79 Å². The lowest BCUT2D eigenvalue weighted by Crippen LogP contribution is -2.21. The molecule has 0 N–H and O–H groups in total. The second kappa shape index (κ2) is 7.53. The summed E-state index contributed by atoms with van der Waals surface area (Å²) in [5, 5.41) is 2.85. The van der Waals surface area contributed by atoms with Crippen LogP contribution in [0.2, 0.25) is 0 Å². The van der Waals surface area contributed by atoms with Crippen LogP contribution in [0.3, 0.4) is 0 Å². The fraction of sp³-hybridized carbons (Fsp3) is 0.0833. The molecule has 4 aromatic rings. The number of hydrogen-bond acceptors (Lipinski definition) is 5. The zero-order valence-corrected chi connectivity index (χ0v) is 16.3. The third-order valence-electron chi connectivity index (χ3n) is 4.85. The molecule has 0 bridgehead atoms. The van der Waals surface area contributed by atoms with E-state index in [-0.39, 0.29) is 12.6 Å². The molecular formula is C24H17NO3S. The number of para-hydroxylation sites is 2. The van der Waals surface area contributed by atoms with Crippen LogP contribution >= 0.6 is 11.3 Å². The largest absolute Gasteiger partial charge is 0.458 e. The molecule has 2 heterocycles. The average Bonchev–Trinajstić information content (AvgIpc) is 3.25. The summed E-state index contributed by atoms with van der Waals surface area (Å²) in [6, 6.07) is 25.2. The fourth-order valence-electron chi connectivity index (χ4n) is 3.48. The lowest BCUT2D eigenvalue weighted by Gasteiger charge is -2.26. The van der Waals surface area contributed by atoms with Gasteiger partial charge in [-0.25, -0.2) is 4.98 Å². The first-order valence-electron chi connectivity index (χ1n) is 9.32. The van der Waals surface area contributed by atoms with Crippen molar-refractivity contribution in [3.8, 4) is 22.1 Å². The number of carbonyl (C=O) groups is 1. The molecule has 0 amide bonds. The van der Waals surface area contributed by atoms with Crippen LogP contribution in [0.4, 0.5) is 0 Å². The monoisotopic (exact) mass is 399 g/mol. The number of thiazole rings is 1. The highest BCUT2D eigenvalue weighted by Gasteiger charge is 2.33. The SMILES string of the molecule is O=C(OCc1csc(-c2ccccc2)n1)C1c2ccccc2Oc2ccccc21. The highest BCUT2D eigenvalue weighted by Crippen LogP contribution is 2.44. The smallest absolute Gasteiger partial charge is 0.318 e. The van der Waals surface area contributed by atoms with Gasteiger partial charge in [-0.15, -0.1) is 11.3 Å². The van der Waals surface area contributed by atoms with Gasteiger partial charge in [-0.05, 0) is 12.1 Å². The molecule has 142 valence electrons. The van der Waals surface area contributed by atoms with Gasteiger partial charge in [0.2, 0.25) is 0 Å². The standard InChI is InChI=1S/C24H17NO3S/c26-24(27-14-17-15-29-23(25-17)16-8-2-1-3-9-16)22-18-10-4-6-12-20(18)28-21-13-7-5-11-19(21)22/h1-13,15,22H,14H2. The molecule has 4 nitrogen and oxygen atoms in total. The van der Waals surface area contributed by atoms with Crippen molar-refractivity contribution in [3.05, 3.63) is 101 Å². The van der Waals surface area contributed by atoms with E-state index in [1.54, 1.807) is 11.3 Å². The van der Waals surface area contributed by atoms with Gasteiger partial charge < -0.3 is 9.47 Å². The molecule has 3 aromatic carbocycles. The van der Waals surface area contributed by atoms with Gasteiger partial charge >= 0.3 is 5.97 Å². The molecule has 0 unspecified atom stereocenters. The summed E-state index contributed by atoms with van der Waals surface area (Å²) in [6.45, 7) is 0.143. The summed E-state index contributed by atoms with van der Waals surface area (Å²) in [5.74, 6) is 0.562. The van der Waals surface area contributed by atoms with Crippen LogP contribution in [0.1, 0.15) is 22.7 Å². The number of nitrogens with zero attached hydrogens (tertiary/aromatic N) is 1. The number of fused-ring (bicyclic) bond motifs is 2. The van der Waals surface area contributed by atoms with E-state index in [0.717, 1.165) is 27.4 Å². The van der Waals surface area contributed by atoms with Crippen LogP contribution in [0, 0.1) is 0 Å². The van der Waals surface area contributed by atoms with E-state index in [1.807, 2.05) is 84.2 Å². The molecule has 1 aliphatic rings. The van der Waals surface area contributed by atoms with Gasteiger partial charge in [0.1, 0.15) is 29.0 Å². The minimum Gasteiger partial charge on any atom is -0.458 e. The van der Waals surface area contributed by atoms with Crippen molar-refractivity contribution >= 4 is 17.3 Å². The zero-order chi connectivity index (χ0) is 19.6. The molecule has 1 aliphatic heterocycles.